The molecule has 0 spiro atoms. The van der Waals surface area contributed by atoms with Gasteiger partial charge in [-0.05, 0) is 31.4 Å². The number of hydrogen-bond acceptors (Lipinski definition) is 6. The molecule has 0 amide bonds. The van der Waals surface area contributed by atoms with Gasteiger partial charge < -0.3 is 14.7 Å². The third kappa shape index (κ3) is 3.17. The van der Waals surface area contributed by atoms with Gasteiger partial charge >= 0.3 is 6.01 Å². The molecule has 17 heavy (non-hydrogen) atoms. The van der Waals surface area contributed by atoms with Crippen molar-refractivity contribution in [2.75, 3.05) is 24.6 Å². The number of rotatable bonds is 3. The third-order valence-corrected chi connectivity index (χ3v) is 2.70. The van der Waals surface area contributed by atoms with Crippen LogP contribution in [0, 0.1) is 0 Å². The highest BCUT2D eigenvalue weighted by atomic mass is 35.5. The van der Waals surface area contributed by atoms with Gasteiger partial charge in [0.15, 0.2) is 0 Å². The van der Waals surface area contributed by atoms with E-state index < -0.39 is 0 Å². The van der Waals surface area contributed by atoms with Crippen LogP contribution in [0.15, 0.2) is 0 Å². The van der Waals surface area contributed by atoms with Gasteiger partial charge in [-0.1, -0.05) is 0 Å². The van der Waals surface area contributed by atoms with Crippen molar-refractivity contribution >= 4 is 17.5 Å². The number of piperidine rings is 1. The largest absolute Gasteiger partial charge is 0.464 e. The van der Waals surface area contributed by atoms with Crippen molar-refractivity contribution in [3.8, 4) is 6.01 Å². The Bertz CT molecular complexity index is 391. The van der Waals surface area contributed by atoms with Crippen molar-refractivity contribution in [1.29, 1.82) is 0 Å². The van der Waals surface area contributed by atoms with Crippen molar-refractivity contribution in [2.24, 2.45) is 0 Å². The smallest absolute Gasteiger partial charge is 0.322 e. The summed E-state index contributed by atoms with van der Waals surface area (Å²) in [5.74, 6) is 0.465. The zero-order valence-electron chi connectivity index (χ0n) is 9.64. The average Bonchev–Trinajstić information content (AvgIpc) is 2.28. The zero-order chi connectivity index (χ0) is 12.3. The standard InChI is InChI=1S/C10H15ClN4O2/c1-2-17-10-13-8(11)12-9(14-10)15-5-3-4-7(16)6-15/h7,16H,2-6H2,1H3. The van der Waals surface area contributed by atoms with Crippen molar-refractivity contribution in [1.82, 2.24) is 15.0 Å². The Balaban J connectivity index is 2.18. The van der Waals surface area contributed by atoms with E-state index in [2.05, 4.69) is 15.0 Å². The highest BCUT2D eigenvalue weighted by Gasteiger charge is 2.21. The molecule has 2 rings (SSSR count). The van der Waals surface area contributed by atoms with E-state index >= 15 is 0 Å². The van der Waals surface area contributed by atoms with E-state index in [4.69, 9.17) is 16.3 Å². The molecule has 1 saturated heterocycles. The van der Waals surface area contributed by atoms with Crippen LogP contribution in [0.25, 0.3) is 0 Å². The van der Waals surface area contributed by atoms with Crippen LogP contribution in [0.2, 0.25) is 5.28 Å². The van der Waals surface area contributed by atoms with Crippen LogP contribution in [0.4, 0.5) is 5.95 Å². The summed E-state index contributed by atoms with van der Waals surface area (Å²) < 4.78 is 5.21. The first-order valence-corrected chi connectivity index (χ1v) is 6.04. The molecular formula is C10H15ClN4O2. The lowest BCUT2D eigenvalue weighted by Gasteiger charge is -2.29. The summed E-state index contributed by atoms with van der Waals surface area (Å²) in [5, 5.41) is 9.72. The highest BCUT2D eigenvalue weighted by molar-refractivity contribution is 6.28. The van der Waals surface area contributed by atoms with Crippen molar-refractivity contribution in [3.05, 3.63) is 5.28 Å². The first-order chi connectivity index (χ1) is 8.19. The third-order valence-electron chi connectivity index (χ3n) is 2.53. The Labute approximate surface area is 105 Å². The minimum atomic E-state index is -0.338. The minimum absolute atomic E-state index is 0.110. The Morgan fingerprint density at radius 1 is 1.47 bits per heavy atom. The topological polar surface area (TPSA) is 71.4 Å². The second-order valence-corrected chi connectivity index (χ2v) is 4.20. The molecule has 0 radical (unpaired) electrons. The van der Waals surface area contributed by atoms with Crippen LogP contribution >= 0.6 is 11.6 Å². The molecule has 6 nitrogen and oxygen atoms in total. The highest BCUT2D eigenvalue weighted by Crippen LogP contribution is 2.19. The molecule has 0 saturated carbocycles. The van der Waals surface area contributed by atoms with Crippen LogP contribution in [0.5, 0.6) is 6.01 Å². The van der Waals surface area contributed by atoms with Crippen molar-refractivity contribution in [2.45, 2.75) is 25.9 Å². The van der Waals surface area contributed by atoms with E-state index in [1.165, 1.54) is 0 Å². The molecule has 1 N–H and O–H groups in total. The summed E-state index contributed by atoms with van der Waals surface area (Å²) in [6.07, 6.45) is 1.39. The summed E-state index contributed by atoms with van der Waals surface area (Å²) in [4.78, 5) is 14.0. The van der Waals surface area contributed by atoms with Gasteiger partial charge in [0.05, 0.1) is 12.7 Å². The maximum Gasteiger partial charge on any atom is 0.322 e. The second kappa shape index (κ2) is 5.46. The number of nitrogens with zero attached hydrogens (tertiary/aromatic N) is 4. The van der Waals surface area contributed by atoms with Gasteiger partial charge in [0.25, 0.3) is 0 Å². The molecule has 1 aromatic heterocycles. The second-order valence-electron chi connectivity index (χ2n) is 3.86. The average molecular weight is 259 g/mol. The number of hydrogen-bond donors (Lipinski definition) is 1. The molecular weight excluding hydrogens is 244 g/mol. The predicted octanol–water partition coefficient (Wildman–Crippen LogP) is 0.885. The molecule has 1 aliphatic heterocycles. The lowest BCUT2D eigenvalue weighted by molar-refractivity contribution is 0.153. The number of ether oxygens (including phenoxy) is 1. The molecule has 7 heteroatoms. The monoisotopic (exact) mass is 258 g/mol. The quantitative estimate of drug-likeness (QED) is 0.868. The molecule has 1 aromatic rings. The molecule has 2 heterocycles. The van der Waals surface area contributed by atoms with Crippen LogP contribution in [-0.4, -0.2) is 45.9 Å². The van der Waals surface area contributed by atoms with Crippen LogP contribution in [-0.2, 0) is 0 Å². The van der Waals surface area contributed by atoms with Crippen LogP contribution in [0.3, 0.4) is 0 Å². The number of halogens is 1. The fraction of sp³-hybridized carbons (Fsp3) is 0.700. The molecule has 0 aliphatic carbocycles. The predicted molar refractivity (Wildman–Crippen MR) is 63.5 cm³/mol. The maximum atomic E-state index is 9.61. The minimum Gasteiger partial charge on any atom is -0.464 e. The Morgan fingerprint density at radius 2 is 2.29 bits per heavy atom. The summed E-state index contributed by atoms with van der Waals surface area (Å²) in [7, 11) is 0. The lowest BCUT2D eigenvalue weighted by atomic mass is 10.1. The van der Waals surface area contributed by atoms with Gasteiger partial charge in [0.1, 0.15) is 0 Å². The number of aliphatic hydroxyl groups excluding tert-OH is 1. The first kappa shape index (κ1) is 12.3. The van der Waals surface area contributed by atoms with Gasteiger partial charge in [-0.15, -0.1) is 0 Å². The Morgan fingerprint density at radius 3 is 3.00 bits per heavy atom. The molecule has 0 aromatic carbocycles. The number of aromatic nitrogens is 3. The summed E-state index contributed by atoms with van der Waals surface area (Å²) >= 11 is 5.81. The lowest BCUT2D eigenvalue weighted by Crippen LogP contribution is -2.39. The van der Waals surface area contributed by atoms with Gasteiger partial charge in [-0.25, -0.2) is 0 Å². The molecule has 94 valence electrons. The summed E-state index contributed by atoms with van der Waals surface area (Å²) in [6.45, 7) is 3.65. The van der Waals surface area contributed by atoms with E-state index in [0.29, 0.717) is 19.1 Å². The summed E-state index contributed by atoms with van der Waals surface area (Å²) in [6, 6.07) is 0.225. The van der Waals surface area contributed by atoms with E-state index in [1.807, 2.05) is 11.8 Å². The van der Waals surface area contributed by atoms with Crippen molar-refractivity contribution in [3.63, 3.8) is 0 Å². The Hall–Kier alpha value is -1.14. The van der Waals surface area contributed by atoms with E-state index in [1.54, 1.807) is 0 Å². The van der Waals surface area contributed by atoms with Crippen molar-refractivity contribution < 1.29 is 9.84 Å². The van der Waals surface area contributed by atoms with Gasteiger partial charge in [-0.2, -0.15) is 15.0 Å². The van der Waals surface area contributed by atoms with Crippen LogP contribution < -0.4 is 9.64 Å². The molecule has 1 aliphatic rings. The SMILES string of the molecule is CCOc1nc(Cl)nc(N2CCCC(O)C2)n1. The summed E-state index contributed by atoms with van der Waals surface area (Å²) in [5.41, 5.74) is 0. The molecule has 0 bridgehead atoms. The van der Waals surface area contributed by atoms with E-state index in [9.17, 15) is 5.11 Å². The van der Waals surface area contributed by atoms with E-state index in [0.717, 1.165) is 19.4 Å². The fourth-order valence-electron chi connectivity index (χ4n) is 1.79. The van der Waals surface area contributed by atoms with Gasteiger partial charge in [0.2, 0.25) is 11.2 Å². The Kier molecular flexibility index (Phi) is 3.96. The van der Waals surface area contributed by atoms with Gasteiger partial charge in [0, 0.05) is 13.1 Å². The fourth-order valence-corrected chi connectivity index (χ4v) is 1.94. The van der Waals surface area contributed by atoms with Gasteiger partial charge in [-0.3, -0.25) is 0 Å². The normalized spacial score (nSPS) is 20.4. The molecule has 1 fully saturated rings. The molecule has 1 atom stereocenters. The number of β-amino-alcohol motifs (C(OH)–C–C–N with tert-alkyl or cyclic N) is 1. The first-order valence-electron chi connectivity index (χ1n) is 5.66. The zero-order valence-corrected chi connectivity index (χ0v) is 10.4. The maximum absolute atomic E-state index is 9.61. The molecule has 1 unspecified atom stereocenters. The van der Waals surface area contributed by atoms with E-state index in [-0.39, 0.29) is 17.4 Å². The number of aliphatic hydroxyl groups is 1. The number of anilines is 1. The van der Waals surface area contributed by atoms with Crippen LogP contribution in [0.1, 0.15) is 19.8 Å².